The first-order chi connectivity index (χ1) is 8.63. The van der Waals surface area contributed by atoms with Crippen LogP contribution in [-0.2, 0) is 4.74 Å². The van der Waals surface area contributed by atoms with Crippen molar-refractivity contribution in [2.45, 2.75) is 31.8 Å². The summed E-state index contributed by atoms with van der Waals surface area (Å²) in [5, 5.41) is 0. The molecule has 0 amide bonds. The van der Waals surface area contributed by atoms with Crippen LogP contribution in [0, 0.1) is 20.8 Å². The Morgan fingerprint density at radius 3 is 2.32 bits per heavy atom. The predicted molar refractivity (Wildman–Crippen MR) is 76.9 cm³/mol. The van der Waals surface area contributed by atoms with Crippen LogP contribution in [0.2, 0.25) is 0 Å². The number of ether oxygens (including phenoxy) is 1. The van der Waals surface area contributed by atoms with E-state index in [1.807, 2.05) is 26.8 Å². The first kappa shape index (κ1) is 17.0. The molecule has 1 unspecified atom stereocenters. The second-order valence-electron chi connectivity index (χ2n) is 4.46. The maximum atomic E-state index is 12.0. The second kappa shape index (κ2) is 6.59. The van der Waals surface area contributed by atoms with E-state index in [-0.39, 0.29) is 11.4 Å². The maximum absolute atomic E-state index is 12.0. The van der Waals surface area contributed by atoms with Gasteiger partial charge in [0, 0.05) is 4.47 Å². The lowest BCUT2D eigenvalue weighted by molar-refractivity contribution is -0.173. The largest absolute Gasteiger partial charge is 0.411 e. The molecule has 19 heavy (non-hydrogen) atoms. The molecule has 6 heteroatoms. The third-order valence-electron chi connectivity index (χ3n) is 2.78. The lowest BCUT2D eigenvalue weighted by Gasteiger charge is -2.19. The van der Waals surface area contributed by atoms with Gasteiger partial charge in [0.15, 0.2) is 0 Å². The van der Waals surface area contributed by atoms with E-state index < -0.39 is 12.8 Å². The zero-order valence-electron chi connectivity index (χ0n) is 10.9. The van der Waals surface area contributed by atoms with Crippen LogP contribution in [-0.4, -0.2) is 19.4 Å². The number of hydrogen-bond donors (Lipinski definition) is 0. The third kappa shape index (κ3) is 4.76. The van der Waals surface area contributed by atoms with Gasteiger partial charge in [-0.3, -0.25) is 0 Å². The monoisotopic (exact) mass is 402 g/mol. The fourth-order valence-electron chi connectivity index (χ4n) is 2.02. The van der Waals surface area contributed by atoms with Crippen molar-refractivity contribution in [2.75, 3.05) is 13.2 Å². The molecule has 0 fully saturated rings. The van der Waals surface area contributed by atoms with Crippen molar-refractivity contribution >= 4 is 31.9 Å². The van der Waals surface area contributed by atoms with Gasteiger partial charge < -0.3 is 4.74 Å². The number of halogens is 5. The van der Waals surface area contributed by atoms with Gasteiger partial charge >= 0.3 is 6.18 Å². The molecule has 0 N–H and O–H groups in total. The van der Waals surface area contributed by atoms with E-state index >= 15 is 0 Å². The van der Waals surface area contributed by atoms with Crippen molar-refractivity contribution in [3.8, 4) is 0 Å². The number of alkyl halides is 4. The highest BCUT2D eigenvalue weighted by atomic mass is 79.9. The summed E-state index contributed by atoms with van der Waals surface area (Å²) in [7, 11) is 0. The molecule has 0 saturated carbocycles. The Morgan fingerprint density at radius 1 is 1.21 bits per heavy atom. The van der Waals surface area contributed by atoms with Crippen molar-refractivity contribution in [1.29, 1.82) is 0 Å². The highest BCUT2D eigenvalue weighted by Gasteiger charge is 2.28. The average Bonchev–Trinajstić information content (AvgIpc) is 2.24. The van der Waals surface area contributed by atoms with Crippen LogP contribution in [0.3, 0.4) is 0 Å². The van der Waals surface area contributed by atoms with Gasteiger partial charge in [-0.05, 0) is 43.0 Å². The molecule has 0 aliphatic carbocycles. The maximum Gasteiger partial charge on any atom is 0.411 e. The molecule has 0 aliphatic rings. The summed E-state index contributed by atoms with van der Waals surface area (Å²) in [5.74, 6) is 0. The second-order valence-corrected chi connectivity index (χ2v) is 6.36. The first-order valence-corrected chi connectivity index (χ1v) is 7.39. The van der Waals surface area contributed by atoms with E-state index in [0.717, 1.165) is 26.7 Å². The Morgan fingerprint density at radius 2 is 1.79 bits per heavy atom. The van der Waals surface area contributed by atoms with Gasteiger partial charge in [0.1, 0.15) is 6.61 Å². The lowest BCUT2D eigenvalue weighted by Crippen LogP contribution is -2.19. The van der Waals surface area contributed by atoms with Gasteiger partial charge in [-0.25, -0.2) is 0 Å². The van der Waals surface area contributed by atoms with Crippen LogP contribution >= 0.6 is 31.9 Å². The Hall–Kier alpha value is -0.0700. The molecule has 1 nitrogen and oxygen atoms in total. The highest BCUT2D eigenvalue weighted by molar-refractivity contribution is 9.10. The first-order valence-electron chi connectivity index (χ1n) is 5.68. The van der Waals surface area contributed by atoms with Crippen LogP contribution in [0.4, 0.5) is 13.2 Å². The average molecular weight is 404 g/mol. The van der Waals surface area contributed by atoms with Crippen LogP contribution < -0.4 is 0 Å². The van der Waals surface area contributed by atoms with Crippen molar-refractivity contribution < 1.29 is 17.9 Å². The third-order valence-corrected chi connectivity index (χ3v) is 4.72. The number of hydrogen-bond acceptors (Lipinski definition) is 1. The fraction of sp³-hybridized carbons (Fsp3) is 0.538. The Kier molecular flexibility index (Phi) is 5.89. The summed E-state index contributed by atoms with van der Waals surface area (Å²) in [6.45, 7) is 4.63. The molecular formula is C13H15Br2F3O. The number of benzene rings is 1. The molecule has 1 aromatic rings. The summed E-state index contributed by atoms with van der Waals surface area (Å²) in [5.41, 5.74) is 4.14. The molecule has 1 aromatic carbocycles. The van der Waals surface area contributed by atoms with Crippen LogP contribution in [0.25, 0.3) is 0 Å². The van der Waals surface area contributed by atoms with Gasteiger partial charge in [0.25, 0.3) is 0 Å². The molecule has 0 heterocycles. The standard InChI is InChI=1S/C13H15Br2F3O/c1-7-4-8(2)12(15)9(3)11(7)10(14)5-19-6-13(16,17)18/h4,10H,5-6H2,1-3H3. The van der Waals surface area contributed by atoms with Crippen molar-refractivity contribution in [2.24, 2.45) is 0 Å². The smallest absolute Gasteiger partial charge is 0.371 e. The normalized spacial score (nSPS) is 13.7. The molecule has 0 aromatic heterocycles. The SMILES string of the molecule is Cc1cc(C)c(C(Br)COCC(F)(F)F)c(C)c1Br. The summed E-state index contributed by atoms with van der Waals surface area (Å²) in [6, 6.07) is 2.00. The van der Waals surface area contributed by atoms with E-state index in [9.17, 15) is 13.2 Å². The quantitative estimate of drug-likeness (QED) is 0.612. The molecule has 1 rings (SSSR count). The van der Waals surface area contributed by atoms with E-state index in [1.165, 1.54) is 0 Å². The molecule has 0 radical (unpaired) electrons. The van der Waals surface area contributed by atoms with Crippen LogP contribution in [0.15, 0.2) is 10.5 Å². The summed E-state index contributed by atoms with van der Waals surface area (Å²) in [6.07, 6.45) is -4.29. The topological polar surface area (TPSA) is 9.23 Å². The fourth-order valence-corrected chi connectivity index (χ4v) is 3.24. The highest BCUT2D eigenvalue weighted by Crippen LogP contribution is 2.35. The lowest BCUT2D eigenvalue weighted by atomic mass is 9.97. The Bertz CT molecular complexity index is 458. The van der Waals surface area contributed by atoms with E-state index in [2.05, 4.69) is 31.9 Å². The molecule has 1 atom stereocenters. The minimum Gasteiger partial charge on any atom is -0.371 e. The van der Waals surface area contributed by atoms with Crippen molar-refractivity contribution in [3.05, 3.63) is 32.8 Å². The van der Waals surface area contributed by atoms with Gasteiger partial charge in [0.05, 0.1) is 11.4 Å². The van der Waals surface area contributed by atoms with Gasteiger partial charge in [-0.2, -0.15) is 13.2 Å². The zero-order chi connectivity index (χ0) is 14.8. The van der Waals surface area contributed by atoms with Gasteiger partial charge in [0.2, 0.25) is 0 Å². The van der Waals surface area contributed by atoms with Crippen LogP contribution in [0.5, 0.6) is 0 Å². The van der Waals surface area contributed by atoms with Crippen LogP contribution in [0.1, 0.15) is 27.1 Å². The zero-order valence-corrected chi connectivity index (χ0v) is 14.0. The minimum absolute atomic E-state index is 0.0172. The number of rotatable bonds is 4. The molecular weight excluding hydrogens is 389 g/mol. The van der Waals surface area contributed by atoms with Gasteiger partial charge in [-0.15, -0.1) is 0 Å². The summed E-state index contributed by atoms with van der Waals surface area (Å²) in [4.78, 5) is -0.258. The van der Waals surface area contributed by atoms with Crippen molar-refractivity contribution in [3.63, 3.8) is 0 Å². The Balaban J connectivity index is 2.83. The number of aryl methyl sites for hydroxylation is 2. The molecule has 0 aliphatic heterocycles. The molecule has 108 valence electrons. The minimum atomic E-state index is -4.29. The van der Waals surface area contributed by atoms with E-state index in [1.54, 1.807) is 0 Å². The summed E-state index contributed by atoms with van der Waals surface area (Å²) >= 11 is 6.89. The van der Waals surface area contributed by atoms with E-state index in [4.69, 9.17) is 4.74 Å². The summed E-state index contributed by atoms with van der Waals surface area (Å²) < 4.78 is 41.8. The predicted octanol–water partition coefficient (Wildman–Crippen LogP) is 5.39. The molecule has 0 spiro atoms. The van der Waals surface area contributed by atoms with E-state index in [0.29, 0.717) is 0 Å². The Labute approximate surface area is 127 Å². The van der Waals surface area contributed by atoms with Crippen molar-refractivity contribution in [1.82, 2.24) is 0 Å². The van der Waals surface area contributed by atoms with Gasteiger partial charge in [-0.1, -0.05) is 37.9 Å². The molecule has 0 saturated heterocycles. The molecule has 0 bridgehead atoms.